The van der Waals surface area contributed by atoms with Crippen LogP contribution >= 0.6 is 0 Å². The zero-order valence-electron chi connectivity index (χ0n) is 19.2. The molecular formula is C22H17N. The maximum atomic E-state index is 8.31. The molecule has 1 nitrogen and oxygen atoms in total. The normalized spacial score (nSPS) is 14.9. The second-order valence-corrected chi connectivity index (χ2v) is 5.07. The molecule has 0 unspecified atom stereocenters. The molecule has 0 saturated heterocycles. The van der Waals surface area contributed by atoms with Crippen LogP contribution in [0.25, 0.3) is 21.9 Å². The summed E-state index contributed by atoms with van der Waals surface area (Å²) in [4.78, 5) is 0. The van der Waals surface area contributed by atoms with E-state index in [0.29, 0.717) is 5.69 Å². The average Bonchev–Trinajstić information content (AvgIpc) is 2.77. The van der Waals surface area contributed by atoms with Crippen molar-refractivity contribution in [3.8, 4) is 11.1 Å². The minimum Gasteiger partial charge on any atom is -0.355 e. The van der Waals surface area contributed by atoms with Crippen LogP contribution in [0.5, 0.6) is 0 Å². The van der Waals surface area contributed by atoms with Crippen LogP contribution in [0.4, 0.5) is 11.4 Å². The number of hydrogen-bond acceptors (Lipinski definition) is 1. The molecule has 0 fully saturated rings. The molecule has 0 atom stereocenters. The Bertz CT molecular complexity index is 1260. The first-order valence-corrected chi connectivity index (χ1v) is 7.23. The van der Waals surface area contributed by atoms with Gasteiger partial charge in [0.2, 0.25) is 0 Å². The van der Waals surface area contributed by atoms with Crippen LogP contribution in [0.1, 0.15) is 9.60 Å². The van der Waals surface area contributed by atoms with Gasteiger partial charge in [0, 0.05) is 16.8 Å². The van der Waals surface area contributed by atoms with Crippen molar-refractivity contribution in [1.82, 2.24) is 0 Å². The Kier molecular flexibility index (Phi) is 2.07. The summed E-state index contributed by atoms with van der Waals surface area (Å²) in [6.45, 7) is 0. The lowest BCUT2D eigenvalue weighted by molar-refractivity contribution is 1.56. The topological polar surface area (TPSA) is 12.0 Å². The highest BCUT2D eigenvalue weighted by atomic mass is 14.9. The fraction of sp³-hybridized carbons (Fsp3) is 0. The average molecular weight is 302 g/mol. The molecule has 23 heavy (non-hydrogen) atoms. The summed E-state index contributed by atoms with van der Waals surface area (Å²) in [5, 5.41) is 3.01. The van der Waals surface area contributed by atoms with Gasteiger partial charge in [-0.05, 0) is 34.7 Å². The largest absolute Gasteiger partial charge is 0.355 e. The van der Waals surface area contributed by atoms with E-state index < -0.39 is 18.1 Å². The summed E-state index contributed by atoms with van der Waals surface area (Å²) < 4.78 is 56.8. The number of anilines is 2. The van der Waals surface area contributed by atoms with Gasteiger partial charge in [0.1, 0.15) is 0 Å². The molecule has 0 aliphatic carbocycles. The van der Waals surface area contributed by atoms with Gasteiger partial charge in [-0.3, -0.25) is 0 Å². The van der Waals surface area contributed by atoms with Crippen molar-refractivity contribution < 1.29 is 9.60 Å². The number of rotatable bonds is 3. The van der Waals surface area contributed by atoms with Gasteiger partial charge < -0.3 is 5.32 Å². The molecule has 1 N–H and O–H groups in total. The van der Waals surface area contributed by atoms with Crippen molar-refractivity contribution in [2.75, 3.05) is 5.32 Å². The molecule has 0 bridgehead atoms. The van der Waals surface area contributed by atoms with E-state index in [0.717, 1.165) is 11.1 Å². The third-order valence-corrected chi connectivity index (χ3v) is 3.57. The molecule has 4 aromatic carbocycles. The lowest BCUT2D eigenvalue weighted by Gasteiger charge is -2.10. The summed E-state index contributed by atoms with van der Waals surface area (Å²) in [5.41, 5.74) is 2.75. The third-order valence-electron chi connectivity index (χ3n) is 3.57. The van der Waals surface area contributed by atoms with Crippen molar-refractivity contribution in [1.29, 1.82) is 0 Å². The van der Waals surface area contributed by atoms with E-state index in [-0.39, 0.29) is 40.6 Å². The summed E-state index contributed by atoms with van der Waals surface area (Å²) >= 11 is 0. The fourth-order valence-corrected chi connectivity index (χ4v) is 2.43. The van der Waals surface area contributed by atoms with Crippen molar-refractivity contribution >= 4 is 22.1 Å². The highest BCUT2D eigenvalue weighted by Crippen LogP contribution is 2.27. The van der Waals surface area contributed by atoms with E-state index in [1.807, 2.05) is 42.5 Å². The Balaban J connectivity index is 1.87. The fourth-order valence-electron chi connectivity index (χ4n) is 2.43. The predicted octanol–water partition coefficient (Wildman–Crippen LogP) is 6.25. The van der Waals surface area contributed by atoms with Crippen LogP contribution < -0.4 is 5.32 Å². The monoisotopic (exact) mass is 302 g/mol. The van der Waals surface area contributed by atoms with E-state index in [1.165, 1.54) is 0 Å². The van der Waals surface area contributed by atoms with E-state index in [9.17, 15) is 0 Å². The van der Waals surface area contributed by atoms with Gasteiger partial charge in [0.15, 0.2) is 0 Å². The smallest absolute Gasteiger partial charge is 0.0645 e. The summed E-state index contributed by atoms with van der Waals surface area (Å²) in [5.74, 6) is 0. The van der Waals surface area contributed by atoms with Gasteiger partial charge in [-0.15, -0.1) is 0 Å². The lowest BCUT2D eigenvalue weighted by Crippen LogP contribution is -1.91. The van der Waals surface area contributed by atoms with Crippen molar-refractivity contribution in [2.24, 2.45) is 0 Å². The molecule has 0 aliphatic heterocycles. The van der Waals surface area contributed by atoms with Gasteiger partial charge in [0.05, 0.1) is 9.60 Å². The second kappa shape index (κ2) is 5.98. The van der Waals surface area contributed by atoms with E-state index in [4.69, 9.17) is 9.60 Å². The molecule has 1 heteroatoms. The molecule has 0 radical (unpaired) electrons. The quantitative estimate of drug-likeness (QED) is 0.471. The zero-order chi connectivity index (χ0) is 21.6. The molecule has 110 valence electrons. The first kappa shape index (κ1) is 7.98. The third kappa shape index (κ3) is 2.82. The molecule has 0 aliphatic rings. The summed E-state index contributed by atoms with van der Waals surface area (Å²) in [6.07, 6.45) is 0. The van der Waals surface area contributed by atoms with E-state index in [2.05, 4.69) is 5.32 Å². The molecular weight excluding hydrogens is 278 g/mol. The van der Waals surface area contributed by atoms with Crippen LogP contribution in [-0.2, 0) is 0 Å². The molecule has 0 amide bonds. The highest BCUT2D eigenvalue weighted by molar-refractivity contribution is 5.95. The number of hydrogen-bond donors (Lipinski definition) is 1. The van der Waals surface area contributed by atoms with Crippen LogP contribution in [0.15, 0.2) is 96.9 Å². The Morgan fingerprint density at radius 3 is 2.17 bits per heavy atom. The minimum absolute atomic E-state index is 0.0409. The van der Waals surface area contributed by atoms with Crippen molar-refractivity contribution in [3.05, 3.63) is 96.9 Å². The van der Waals surface area contributed by atoms with E-state index in [1.54, 1.807) is 12.1 Å². The zero-order valence-corrected chi connectivity index (χ0v) is 12.2. The van der Waals surface area contributed by atoms with Gasteiger partial charge in [-0.1, -0.05) is 78.7 Å². The highest BCUT2D eigenvalue weighted by Gasteiger charge is 2.01. The Morgan fingerprint density at radius 1 is 0.652 bits per heavy atom. The molecule has 0 spiro atoms. The maximum absolute atomic E-state index is 8.31. The van der Waals surface area contributed by atoms with Crippen LogP contribution in [0.3, 0.4) is 0 Å². The molecule has 4 rings (SSSR count). The standard InChI is InChI=1S/C22H17N/c1-2-7-17(8-3-1)18-13-15-20(16-14-18)23-22-12-6-10-19-9-4-5-11-21(19)22/h1-16,23H/i4D,5D,6D,9D,10D,11D,12D. The Hall–Kier alpha value is -3.06. The van der Waals surface area contributed by atoms with Crippen LogP contribution in [-0.4, -0.2) is 0 Å². The molecule has 0 saturated carbocycles. The van der Waals surface area contributed by atoms with Gasteiger partial charge in [0.25, 0.3) is 0 Å². The Morgan fingerprint density at radius 2 is 1.35 bits per heavy atom. The van der Waals surface area contributed by atoms with Crippen molar-refractivity contribution in [3.63, 3.8) is 0 Å². The number of benzene rings is 4. The minimum atomic E-state index is -0.462. The molecule has 0 heterocycles. The molecule has 4 aromatic rings. The van der Waals surface area contributed by atoms with Crippen LogP contribution in [0.2, 0.25) is 0 Å². The molecule has 0 aromatic heterocycles. The first-order valence-electron chi connectivity index (χ1n) is 10.7. The van der Waals surface area contributed by atoms with E-state index >= 15 is 0 Å². The lowest BCUT2D eigenvalue weighted by atomic mass is 10.1. The van der Waals surface area contributed by atoms with Gasteiger partial charge >= 0.3 is 0 Å². The second-order valence-electron chi connectivity index (χ2n) is 5.07. The summed E-state index contributed by atoms with van der Waals surface area (Å²) in [7, 11) is 0. The summed E-state index contributed by atoms with van der Waals surface area (Å²) in [6, 6.07) is 14.6. The van der Waals surface area contributed by atoms with Gasteiger partial charge in [-0.25, -0.2) is 0 Å². The van der Waals surface area contributed by atoms with Gasteiger partial charge in [-0.2, -0.15) is 0 Å². The number of nitrogens with one attached hydrogen (secondary N) is 1. The first-order chi connectivity index (χ1) is 14.3. The maximum Gasteiger partial charge on any atom is 0.0645 e. The predicted molar refractivity (Wildman–Crippen MR) is 99.1 cm³/mol. The SMILES string of the molecule is [2H]c1c([2H])c([2H])c2c(Nc3ccc(-c4ccccc4)cc3)c([2H])c([2H])c([2H])c2c1[2H]. The van der Waals surface area contributed by atoms with Crippen LogP contribution in [0, 0.1) is 0 Å². The van der Waals surface area contributed by atoms with Crippen molar-refractivity contribution in [2.45, 2.75) is 0 Å². The Labute approximate surface area is 146 Å². The number of fused-ring (bicyclic) bond motifs is 1.